The van der Waals surface area contributed by atoms with Gasteiger partial charge in [0.1, 0.15) is 0 Å². The van der Waals surface area contributed by atoms with Crippen molar-refractivity contribution in [3.63, 3.8) is 0 Å². The second-order valence-corrected chi connectivity index (χ2v) is 5.50. The number of hydrogen-bond acceptors (Lipinski definition) is 1. The van der Waals surface area contributed by atoms with Crippen LogP contribution >= 0.6 is 15.9 Å². The molecule has 2 heteroatoms. The predicted molar refractivity (Wildman–Crippen MR) is 80.8 cm³/mol. The number of aryl methyl sites for hydroxylation is 1. The van der Waals surface area contributed by atoms with Gasteiger partial charge in [-0.3, -0.25) is 0 Å². The Morgan fingerprint density at radius 3 is 2.56 bits per heavy atom. The van der Waals surface area contributed by atoms with Crippen LogP contribution in [0.2, 0.25) is 0 Å². The molecule has 0 spiro atoms. The van der Waals surface area contributed by atoms with E-state index in [2.05, 4.69) is 65.3 Å². The van der Waals surface area contributed by atoms with Crippen LogP contribution in [0.15, 0.2) is 53.0 Å². The Balaban J connectivity index is 2.23. The van der Waals surface area contributed by atoms with Gasteiger partial charge in [0.15, 0.2) is 0 Å². The van der Waals surface area contributed by atoms with E-state index >= 15 is 0 Å². The Bertz CT molecular complexity index is 522. The molecule has 94 valence electrons. The van der Waals surface area contributed by atoms with E-state index in [0.29, 0.717) is 12.5 Å². The lowest BCUT2D eigenvalue weighted by atomic mass is 9.91. The third-order valence-electron chi connectivity index (χ3n) is 3.19. The third-order valence-corrected chi connectivity index (χ3v) is 3.92. The molecule has 0 amide bonds. The summed E-state index contributed by atoms with van der Waals surface area (Å²) in [4.78, 5) is 0. The van der Waals surface area contributed by atoms with E-state index in [0.717, 1.165) is 10.9 Å². The van der Waals surface area contributed by atoms with Crippen molar-refractivity contribution in [2.45, 2.75) is 19.3 Å². The topological polar surface area (TPSA) is 26.0 Å². The van der Waals surface area contributed by atoms with E-state index in [-0.39, 0.29) is 0 Å². The van der Waals surface area contributed by atoms with Gasteiger partial charge >= 0.3 is 0 Å². The molecular weight excluding hydrogens is 286 g/mol. The zero-order chi connectivity index (χ0) is 13.0. The van der Waals surface area contributed by atoms with Crippen LogP contribution < -0.4 is 5.73 Å². The fourth-order valence-electron chi connectivity index (χ4n) is 2.25. The monoisotopic (exact) mass is 303 g/mol. The zero-order valence-electron chi connectivity index (χ0n) is 10.6. The lowest BCUT2D eigenvalue weighted by molar-refractivity contribution is 0.691. The van der Waals surface area contributed by atoms with Gasteiger partial charge < -0.3 is 5.73 Å². The summed E-state index contributed by atoms with van der Waals surface area (Å²) in [5.41, 5.74) is 9.88. The molecule has 0 fully saturated rings. The number of nitrogens with two attached hydrogens (primary N) is 1. The highest BCUT2D eigenvalue weighted by molar-refractivity contribution is 9.10. The van der Waals surface area contributed by atoms with Gasteiger partial charge in [-0.05, 0) is 37.1 Å². The van der Waals surface area contributed by atoms with Crippen molar-refractivity contribution in [3.8, 4) is 0 Å². The van der Waals surface area contributed by atoms with Crippen molar-refractivity contribution in [1.29, 1.82) is 0 Å². The van der Waals surface area contributed by atoms with Gasteiger partial charge in [-0.15, -0.1) is 0 Å². The molecule has 1 atom stereocenters. The Kier molecular flexibility index (Phi) is 4.56. The van der Waals surface area contributed by atoms with Crippen LogP contribution in [0.1, 0.15) is 22.6 Å². The molecular formula is C16H18BrN. The second kappa shape index (κ2) is 6.17. The number of hydrogen-bond donors (Lipinski definition) is 1. The highest BCUT2D eigenvalue weighted by Crippen LogP contribution is 2.27. The minimum atomic E-state index is 0.363. The fraction of sp³-hybridized carbons (Fsp3) is 0.250. The van der Waals surface area contributed by atoms with Crippen molar-refractivity contribution >= 4 is 15.9 Å². The fourth-order valence-corrected chi connectivity index (χ4v) is 2.86. The molecule has 0 aliphatic rings. The van der Waals surface area contributed by atoms with Gasteiger partial charge in [-0.2, -0.15) is 0 Å². The minimum Gasteiger partial charge on any atom is -0.330 e. The van der Waals surface area contributed by atoms with Crippen molar-refractivity contribution in [1.82, 2.24) is 0 Å². The molecule has 1 nitrogen and oxygen atoms in total. The highest BCUT2D eigenvalue weighted by atomic mass is 79.9. The maximum atomic E-state index is 5.94. The predicted octanol–water partition coefficient (Wildman–Crippen LogP) is 4.04. The molecule has 2 rings (SSSR count). The van der Waals surface area contributed by atoms with Crippen LogP contribution in [-0.4, -0.2) is 6.54 Å². The summed E-state index contributed by atoms with van der Waals surface area (Å²) in [5.74, 6) is 0.363. The van der Waals surface area contributed by atoms with Gasteiger partial charge in [-0.1, -0.05) is 64.0 Å². The zero-order valence-corrected chi connectivity index (χ0v) is 12.2. The largest absolute Gasteiger partial charge is 0.330 e. The van der Waals surface area contributed by atoms with Crippen LogP contribution in [0.5, 0.6) is 0 Å². The minimum absolute atomic E-state index is 0.363. The van der Waals surface area contributed by atoms with E-state index in [1.807, 2.05) is 6.07 Å². The molecule has 0 saturated carbocycles. The quantitative estimate of drug-likeness (QED) is 0.906. The summed E-state index contributed by atoms with van der Waals surface area (Å²) < 4.78 is 1.15. The molecule has 0 bridgehead atoms. The molecule has 18 heavy (non-hydrogen) atoms. The van der Waals surface area contributed by atoms with E-state index in [9.17, 15) is 0 Å². The summed E-state index contributed by atoms with van der Waals surface area (Å²) in [6.07, 6.45) is 0.987. The molecule has 1 unspecified atom stereocenters. The maximum Gasteiger partial charge on any atom is 0.0210 e. The third kappa shape index (κ3) is 3.21. The van der Waals surface area contributed by atoms with Crippen molar-refractivity contribution in [3.05, 3.63) is 69.7 Å². The first kappa shape index (κ1) is 13.3. The van der Waals surface area contributed by atoms with E-state index in [4.69, 9.17) is 5.73 Å². The SMILES string of the molecule is Cc1cccc(CC(CN)c2ccccc2Br)c1. The van der Waals surface area contributed by atoms with E-state index < -0.39 is 0 Å². The summed E-state index contributed by atoms with van der Waals surface area (Å²) in [7, 11) is 0. The molecule has 0 aliphatic heterocycles. The van der Waals surface area contributed by atoms with E-state index in [1.54, 1.807) is 0 Å². The normalized spacial score (nSPS) is 12.4. The van der Waals surface area contributed by atoms with Crippen molar-refractivity contribution in [2.75, 3.05) is 6.54 Å². The standard InChI is InChI=1S/C16H18BrN/c1-12-5-4-6-13(9-12)10-14(11-18)15-7-2-3-8-16(15)17/h2-9,14H,10-11,18H2,1H3. The lowest BCUT2D eigenvalue weighted by Gasteiger charge is -2.17. The van der Waals surface area contributed by atoms with Crippen LogP contribution in [0.4, 0.5) is 0 Å². The molecule has 0 radical (unpaired) electrons. The number of benzene rings is 2. The molecule has 2 N–H and O–H groups in total. The van der Waals surface area contributed by atoms with Gasteiger partial charge in [0.2, 0.25) is 0 Å². The van der Waals surface area contributed by atoms with Crippen molar-refractivity contribution in [2.24, 2.45) is 5.73 Å². The lowest BCUT2D eigenvalue weighted by Crippen LogP contribution is -2.15. The average Bonchev–Trinajstić information content (AvgIpc) is 2.37. The second-order valence-electron chi connectivity index (χ2n) is 4.65. The molecule has 0 aromatic heterocycles. The smallest absolute Gasteiger partial charge is 0.0210 e. The average molecular weight is 304 g/mol. The summed E-state index contributed by atoms with van der Waals surface area (Å²) in [6, 6.07) is 17.0. The molecule has 0 saturated heterocycles. The first-order valence-electron chi connectivity index (χ1n) is 6.20. The molecule has 2 aromatic rings. The first-order chi connectivity index (χ1) is 8.70. The van der Waals surface area contributed by atoms with Crippen molar-refractivity contribution < 1.29 is 0 Å². The van der Waals surface area contributed by atoms with Crippen LogP contribution in [0.25, 0.3) is 0 Å². The van der Waals surface area contributed by atoms with Crippen LogP contribution in [-0.2, 0) is 6.42 Å². The Hall–Kier alpha value is -1.12. The maximum absolute atomic E-state index is 5.94. The first-order valence-corrected chi connectivity index (χ1v) is 7.00. The molecule has 2 aromatic carbocycles. The molecule has 0 aliphatic carbocycles. The summed E-state index contributed by atoms with van der Waals surface area (Å²) in [5, 5.41) is 0. The van der Waals surface area contributed by atoms with Gasteiger partial charge in [0.25, 0.3) is 0 Å². The van der Waals surface area contributed by atoms with Crippen LogP contribution in [0.3, 0.4) is 0 Å². The summed E-state index contributed by atoms with van der Waals surface area (Å²) >= 11 is 3.61. The summed E-state index contributed by atoms with van der Waals surface area (Å²) in [6.45, 7) is 2.79. The van der Waals surface area contributed by atoms with Gasteiger partial charge in [-0.25, -0.2) is 0 Å². The number of rotatable bonds is 4. The Morgan fingerprint density at radius 1 is 1.11 bits per heavy atom. The highest BCUT2D eigenvalue weighted by Gasteiger charge is 2.13. The van der Waals surface area contributed by atoms with Crippen LogP contribution in [0, 0.1) is 6.92 Å². The van der Waals surface area contributed by atoms with Gasteiger partial charge in [0, 0.05) is 10.4 Å². The van der Waals surface area contributed by atoms with Gasteiger partial charge in [0.05, 0.1) is 0 Å². The number of halogens is 1. The van der Waals surface area contributed by atoms with E-state index in [1.165, 1.54) is 16.7 Å². The Labute approximate surface area is 117 Å². The molecule has 0 heterocycles. The Morgan fingerprint density at radius 2 is 1.89 bits per heavy atom.